The van der Waals surface area contributed by atoms with Crippen LogP contribution < -0.4 is 10.5 Å². The summed E-state index contributed by atoms with van der Waals surface area (Å²) in [5, 5.41) is 8.51. The van der Waals surface area contributed by atoms with E-state index in [2.05, 4.69) is 0 Å². The minimum atomic E-state index is -0.918. The van der Waals surface area contributed by atoms with Crippen LogP contribution in [0.5, 0.6) is 5.75 Å². The van der Waals surface area contributed by atoms with Gasteiger partial charge in [-0.05, 0) is 24.1 Å². The Morgan fingerprint density at radius 1 is 1.56 bits per heavy atom. The average molecular weight is 227 g/mol. The van der Waals surface area contributed by atoms with E-state index in [9.17, 15) is 9.18 Å². The highest BCUT2D eigenvalue weighted by Crippen LogP contribution is 2.22. The summed E-state index contributed by atoms with van der Waals surface area (Å²) < 4.78 is 18.0. The fraction of sp³-hybridized carbons (Fsp3) is 0.364. The number of rotatable bonds is 5. The summed E-state index contributed by atoms with van der Waals surface area (Å²) in [7, 11) is 1.43. The van der Waals surface area contributed by atoms with Crippen molar-refractivity contribution in [3.63, 3.8) is 0 Å². The van der Waals surface area contributed by atoms with E-state index in [0.29, 0.717) is 11.3 Å². The number of aliphatic carboxylic acids is 1. The smallest absolute Gasteiger partial charge is 0.303 e. The van der Waals surface area contributed by atoms with Crippen LogP contribution in [0.4, 0.5) is 4.39 Å². The molecule has 1 aromatic rings. The van der Waals surface area contributed by atoms with Gasteiger partial charge in [-0.25, -0.2) is 4.39 Å². The third kappa shape index (κ3) is 3.51. The molecule has 1 aromatic carbocycles. The maximum atomic E-state index is 13.1. The van der Waals surface area contributed by atoms with Crippen molar-refractivity contribution in [1.82, 2.24) is 0 Å². The second-order valence-electron chi connectivity index (χ2n) is 3.46. The van der Waals surface area contributed by atoms with Gasteiger partial charge in [-0.15, -0.1) is 0 Å². The van der Waals surface area contributed by atoms with Gasteiger partial charge in [0.25, 0.3) is 0 Å². The van der Waals surface area contributed by atoms with E-state index < -0.39 is 17.8 Å². The number of carboxylic acid groups (broad SMARTS) is 1. The summed E-state index contributed by atoms with van der Waals surface area (Å²) in [6.07, 6.45) is 0.224. The largest absolute Gasteiger partial charge is 0.497 e. The predicted molar refractivity (Wildman–Crippen MR) is 56.8 cm³/mol. The molecule has 0 spiro atoms. The Bertz CT molecular complexity index is 381. The minimum Gasteiger partial charge on any atom is -0.497 e. The summed E-state index contributed by atoms with van der Waals surface area (Å²) in [4.78, 5) is 10.4. The molecule has 0 radical (unpaired) electrons. The normalized spacial score (nSPS) is 12.2. The van der Waals surface area contributed by atoms with Gasteiger partial charge in [0.1, 0.15) is 11.6 Å². The van der Waals surface area contributed by atoms with Gasteiger partial charge < -0.3 is 15.6 Å². The zero-order valence-electron chi connectivity index (χ0n) is 8.94. The molecule has 0 aliphatic carbocycles. The van der Waals surface area contributed by atoms with Crippen molar-refractivity contribution in [3.05, 3.63) is 29.6 Å². The van der Waals surface area contributed by atoms with E-state index in [1.165, 1.54) is 19.2 Å². The highest BCUT2D eigenvalue weighted by molar-refractivity contribution is 5.66. The van der Waals surface area contributed by atoms with E-state index in [1.54, 1.807) is 6.07 Å². The molecule has 1 atom stereocenters. The Balaban J connectivity index is 2.77. The highest BCUT2D eigenvalue weighted by atomic mass is 19.1. The number of ether oxygens (including phenoxy) is 1. The van der Waals surface area contributed by atoms with Crippen molar-refractivity contribution in [3.8, 4) is 5.75 Å². The molecule has 0 heterocycles. The highest BCUT2D eigenvalue weighted by Gasteiger charge is 2.11. The Morgan fingerprint density at radius 2 is 2.25 bits per heavy atom. The number of hydrogen-bond donors (Lipinski definition) is 2. The molecule has 0 saturated heterocycles. The summed E-state index contributed by atoms with van der Waals surface area (Å²) in [6.45, 7) is 0. The zero-order valence-corrected chi connectivity index (χ0v) is 8.94. The van der Waals surface area contributed by atoms with E-state index in [-0.39, 0.29) is 12.8 Å². The van der Waals surface area contributed by atoms with Crippen LogP contribution in [-0.4, -0.2) is 18.2 Å². The third-order valence-corrected chi connectivity index (χ3v) is 2.23. The minimum absolute atomic E-state index is 0.0417. The number of hydrogen-bond acceptors (Lipinski definition) is 3. The Kier molecular flexibility index (Phi) is 4.25. The average Bonchev–Trinajstić information content (AvgIpc) is 2.24. The fourth-order valence-corrected chi connectivity index (χ4v) is 1.36. The van der Waals surface area contributed by atoms with Gasteiger partial charge in [0.15, 0.2) is 0 Å². The van der Waals surface area contributed by atoms with Crippen molar-refractivity contribution in [1.29, 1.82) is 0 Å². The molecule has 16 heavy (non-hydrogen) atoms. The molecular formula is C11H14FNO3. The molecule has 0 aliphatic heterocycles. The van der Waals surface area contributed by atoms with Gasteiger partial charge in [0, 0.05) is 18.5 Å². The van der Waals surface area contributed by atoms with Crippen LogP contribution >= 0.6 is 0 Å². The van der Waals surface area contributed by atoms with E-state index in [4.69, 9.17) is 15.6 Å². The lowest BCUT2D eigenvalue weighted by atomic mass is 10.0. The summed E-state index contributed by atoms with van der Waals surface area (Å²) in [6, 6.07) is 3.64. The van der Waals surface area contributed by atoms with Crippen LogP contribution in [0.2, 0.25) is 0 Å². The summed E-state index contributed by atoms with van der Waals surface area (Å²) >= 11 is 0. The first-order valence-corrected chi connectivity index (χ1v) is 4.84. The van der Waals surface area contributed by atoms with Crippen LogP contribution in [0.1, 0.15) is 24.4 Å². The molecular weight excluding hydrogens is 213 g/mol. The molecule has 0 saturated carbocycles. The third-order valence-electron chi connectivity index (χ3n) is 2.23. The van der Waals surface area contributed by atoms with Gasteiger partial charge in [-0.3, -0.25) is 4.79 Å². The first-order chi connectivity index (χ1) is 7.52. The first kappa shape index (κ1) is 12.4. The number of benzene rings is 1. The number of halogens is 1. The van der Waals surface area contributed by atoms with Crippen LogP contribution in [0.3, 0.4) is 0 Å². The lowest BCUT2D eigenvalue weighted by molar-refractivity contribution is -0.137. The van der Waals surface area contributed by atoms with Crippen LogP contribution in [0.25, 0.3) is 0 Å². The SMILES string of the molecule is COc1cc(F)cc(C(N)CCC(=O)O)c1. The van der Waals surface area contributed by atoms with Gasteiger partial charge in [-0.1, -0.05) is 0 Å². The fourth-order valence-electron chi connectivity index (χ4n) is 1.36. The Hall–Kier alpha value is -1.62. The second kappa shape index (κ2) is 5.46. The van der Waals surface area contributed by atoms with Crippen molar-refractivity contribution in [2.24, 2.45) is 5.73 Å². The second-order valence-corrected chi connectivity index (χ2v) is 3.46. The molecule has 3 N–H and O–H groups in total. The summed E-state index contributed by atoms with van der Waals surface area (Å²) in [5.74, 6) is -0.986. The summed E-state index contributed by atoms with van der Waals surface area (Å²) in [5.41, 5.74) is 6.29. The molecule has 1 rings (SSSR count). The molecule has 0 amide bonds. The van der Waals surface area contributed by atoms with Crippen LogP contribution in [0.15, 0.2) is 18.2 Å². The Morgan fingerprint density at radius 3 is 2.81 bits per heavy atom. The number of carboxylic acids is 1. The lowest BCUT2D eigenvalue weighted by Crippen LogP contribution is -2.12. The molecule has 4 nitrogen and oxygen atoms in total. The quantitative estimate of drug-likeness (QED) is 0.803. The predicted octanol–water partition coefficient (Wildman–Crippen LogP) is 1.70. The topological polar surface area (TPSA) is 72.5 Å². The Labute approximate surface area is 92.8 Å². The molecule has 5 heteroatoms. The number of carbonyl (C=O) groups is 1. The molecule has 0 aromatic heterocycles. The maximum Gasteiger partial charge on any atom is 0.303 e. The molecule has 0 aliphatic rings. The molecule has 88 valence electrons. The standard InChI is InChI=1S/C11H14FNO3/c1-16-9-5-7(4-8(12)6-9)10(13)2-3-11(14)15/h4-6,10H,2-3,13H2,1H3,(H,14,15). The van der Waals surface area contributed by atoms with Crippen molar-refractivity contribution in [2.45, 2.75) is 18.9 Å². The van der Waals surface area contributed by atoms with Crippen molar-refractivity contribution in [2.75, 3.05) is 7.11 Å². The monoisotopic (exact) mass is 227 g/mol. The van der Waals surface area contributed by atoms with E-state index in [1.807, 2.05) is 0 Å². The van der Waals surface area contributed by atoms with Crippen molar-refractivity contribution < 1.29 is 19.0 Å². The zero-order chi connectivity index (χ0) is 12.1. The number of nitrogens with two attached hydrogens (primary N) is 1. The van der Waals surface area contributed by atoms with Gasteiger partial charge in [-0.2, -0.15) is 0 Å². The van der Waals surface area contributed by atoms with Crippen molar-refractivity contribution >= 4 is 5.97 Å². The van der Waals surface area contributed by atoms with Gasteiger partial charge in [0.2, 0.25) is 0 Å². The van der Waals surface area contributed by atoms with Crippen LogP contribution in [-0.2, 0) is 4.79 Å². The van der Waals surface area contributed by atoms with Gasteiger partial charge >= 0.3 is 5.97 Å². The van der Waals surface area contributed by atoms with E-state index in [0.717, 1.165) is 0 Å². The molecule has 0 bridgehead atoms. The first-order valence-electron chi connectivity index (χ1n) is 4.84. The maximum absolute atomic E-state index is 13.1. The molecule has 0 fully saturated rings. The number of methoxy groups -OCH3 is 1. The lowest BCUT2D eigenvalue weighted by Gasteiger charge is -2.12. The molecule has 1 unspecified atom stereocenters. The van der Waals surface area contributed by atoms with Crippen LogP contribution in [0, 0.1) is 5.82 Å². The van der Waals surface area contributed by atoms with Gasteiger partial charge in [0.05, 0.1) is 7.11 Å². The van der Waals surface area contributed by atoms with E-state index >= 15 is 0 Å².